The zero-order valence-electron chi connectivity index (χ0n) is 14.0. The average molecular weight is 319 g/mol. The van der Waals surface area contributed by atoms with Crippen molar-refractivity contribution in [2.75, 3.05) is 19.1 Å². The average Bonchev–Trinajstić information content (AvgIpc) is 2.89. The summed E-state index contributed by atoms with van der Waals surface area (Å²) >= 11 is 0. The fraction of sp³-hybridized carbons (Fsp3) is 0.611. The van der Waals surface area contributed by atoms with E-state index >= 15 is 0 Å². The summed E-state index contributed by atoms with van der Waals surface area (Å²) in [5.74, 6) is 0.588. The molecule has 1 aliphatic heterocycles. The molecule has 1 amide bonds. The fourth-order valence-electron chi connectivity index (χ4n) is 3.67. The Morgan fingerprint density at radius 2 is 1.70 bits per heavy atom. The molecule has 126 valence electrons. The molecule has 1 unspecified atom stereocenters. The second kappa shape index (κ2) is 6.89. The molecule has 2 fully saturated rings. The number of anilines is 1. The highest BCUT2D eigenvalue weighted by molar-refractivity contribution is 5.90. The minimum Gasteiger partial charge on any atom is -0.417 e. The van der Waals surface area contributed by atoms with Crippen LogP contribution in [0.5, 0.6) is 0 Å². The van der Waals surface area contributed by atoms with E-state index in [4.69, 9.17) is 14.2 Å². The van der Waals surface area contributed by atoms with Crippen molar-refractivity contribution in [3.05, 3.63) is 29.8 Å². The number of rotatable bonds is 4. The molecule has 0 bridgehead atoms. The van der Waals surface area contributed by atoms with Gasteiger partial charge in [-0.15, -0.1) is 0 Å². The van der Waals surface area contributed by atoms with E-state index in [1.807, 2.05) is 19.1 Å². The summed E-state index contributed by atoms with van der Waals surface area (Å²) in [7, 11) is 3.35. The molecule has 2 atom stereocenters. The van der Waals surface area contributed by atoms with Gasteiger partial charge in [0.2, 0.25) is 6.29 Å². The lowest BCUT2D eigenvalue weighted by Crippen LogP contribution is -2.34. The topological polar surface area (TPSA) is 48.0 Å². The normalized spacial score (nSPS) is 31.3. The highest BCUT2D eigenvalue weighted by atomic mass is 16.7. The minimum atomic E-state index is -0.508. The summed E-state index contributed by atoms with van der Waals surface area (Å²) in [6.07, 6.45) is 4.11. The van der Waals surface area contributed by atoms with Crippen molar-refractivity contribution in [2.24, 2.45) is 0 Å². The molecule has 1 aromatic rings. The van der Waals surface area contributed by atoms with Gasteiger partial charge in [0, 0.05) is 19.9 Å². The Morgan fingerprint density at radius 1 is 1.04 bits per heavy atom. The molecule has 5 heteroatoms. The number of hydrogen-bond acceptors (Lipinski definition) is 4. The van der Waals surface area contributed by atoms with E-state index in [-0.39, 0.29) is 12.1 Å². The van der Waals surface area contributed by atoms with E-state index < -0.39 is 6.29 Å². The predicted octanol–water partition coefficient (Wildman–Crippen LogP) is 3.68. The Morgan fingerprint density at radius 3 is 2.22 bits per heavy atom. The Hall–Kier alpha value is -1.59. The highest BCUT2D eigenvalue weighted by Gasteiger charge is 2.39. The number of carbonyl (C=O) groups excluding carboxylic acids is 1. The van der Waals surface area contributed by atoms with Crippen LogP contribution in [0.25, 0.3) is 0 Å². The van der Waals surface area contributed by atoms with Crippen LogP contribution >= 0.6 is 0 Å². The SMILES string of the molecule is COC1CCC(c2ccc(N3C(=O)OC(OC)[C@H]3C)cc2)CC1. The van der Waals surface area contributed by atoms with Crippen molar-refractivity contribution in [1.29, 1.82) is 0 Å². The van der Waals surface area contributed by atoms with Crippen LogP contribution in [-0.4, -0.2) is 38.7 Å². The quantitative estimate of drug-likeness (QED) is 0.849. The van der Waals surface area contributed by atoms with Gasteiger partial charge in [0.05, 0.1) is 6.10 Å². The van der Waals surface area contributed by atoms with Crippen LogP contribution in [0, 0.1) is 0 Å². The third kappa shape index (κ3) is 3.21. The van der Waals surface area contributed by atoms with Crippen molar-refractivity contribution in [3.8, 4) is 0 Å². The molecule has 1 saturated heterocycles. The molecule has 0 aromatic heterocycles. The highest BCUT2D eigenvalue weighted by Crippen LogP contribution is 2.35. The zero-order chi connectivity index (χ0) is 16.4. The van der Waals surface area contributed by atoms with Gasteiger partial charge in [0.15, 0.2) is 0 Å². The summed E-state index contributed by atoms with van der Waals surface area (Å²) in [6, 6.07) is 8.15. The van der Waals surface area contributed by atoms with E-state index in [9.17, 15) is 4.79 Å². The number of carbonyl (C=O) groups is 1. The number of amides is 1. The van der Waals surface area contributed by atoms with Gasteiger partial charge < -0.3 is 14.2 Å². The predicted molar refractivity (Wildman–Crippen MR) is 87.7 cm³/mol. The van der Waals surface area contributed by atoms with Crippen molar-refractivity contribution in [3.63, 3.8) is 0 Å². The van der Waals surface area contributed by atoms with Crippen LogP contribution < -0.4 is 4.90 Å². The lowest BCUT2D eigenvalue weighted by Gasteiger charge is -2.28. The van der Waals surface area contributed by atoms with Crippen molar-refractivity contribution < 1.29 is 19.0 Å². The van der Waals surface area contributed by atoms with Crippen LogP contribution in [0.4, 0.5) is 10.5 Å². The minimum absolute atomic E-state index is 0.129. The maximum Gasteiger partial charge on any atom is 0.417 e. The first-order valence-electron chi connectivity index (χ1n) is 8.29. The lowest BCUT2D eigenvalue weighted by molar-refractivity contribution is -0.0640. The number of nitrogens with zero attached hydrogens (tertiary/aromatic N) is 1. The number of benzene rings is 1. The molecular weight excluding hydrogens is 294 g/mol. The van der Waals surface area contributed by atoms with Gasteiger partial charge in [-0.1, -0.05) is 12.1 Å². The molecule has 0 radical (unpaired) electrons. The van der Waals surface area contributed by atoms with Gasteiger partial charge in [0.25, 0.3) is 0 Å². The molecule has 1 aromatic carbocycles. The first kappa shape index (κ1) is 16.3. The smallest absolute Gasteiger partial charge is 0.417 e. The molecule has 1 heterocycles. The molecule has 1 saturated carbocycles. The second-order valence-corrected chi connectivity index (χ2v) is 6.40. The summed E-state index contributed by atoms with van der Waals surface area (Å²) in [6.45, 7) is 1.93. The molecular formula is C18H25NO4. The summed E-state index contributed by atoms with van der Waals surface area (Å²) in [5.41, 5.74) is 2.20. The van der Waals surface area contributed by atoms with Crippen LogP contribution in [-0.2, 0) is 14.2 Å². The largest absolute Gasteiger partial charge is 0.417 e. The molecule has 0 N–H and O–H groups in total. The Balaban J connectivity index is 1.69. The first-order chi connectivity index (χ1) is 11.1. The standard InChI is InChI=1S/C18H25NO4/c1-12-17(22-3)23-18(20)19(12)15-8-4-13(5-9-15)14-6-10-16(21-2)11-7-14/h4-5,8-9,12,14,16-17H,6-7,10-11H2,1-3H3/t12-,14?,16?,17?/m1/s1. The summed E-state index contributed by atoms with van der Waals surface area (Å²) in [4.78, 5) is 13.7. The van der Waals surface area contributed by atoms with Gasteiger partial charge in [0.1, 0.15) is 6.04 Å². The lowest BCUT2D eigenvalue weighted by atomic mass is 9.82. The first-order valence-corrected chi connectivity index (χ1v) is 8.29. The van der Waals surface area contributed by atoms with Crippen LogP contribution in [0.2, 0.25) is 0 Å². The molecule has 5 nitrogen and oxygen atoms in total. The molecule has 23 heavy (non-hydrogen) atoms. The number of hydrogen-bond donors (Lipinski definition) is 0. The Kier molecular flexibility index (Phi) is 4.87. The van der Waals surface area contributed by atoms with E-state index in [2.05, 4.69) is 12.1 Å². The van der Waals surface area contributed by atoms with Gasteiger partial charge in [-0.05, 0) is 56.2 Å². The summed E-state index contributed by atoms with van der Waals surface area (Å²) < 4.78 is 15.8. The van der Waals surface area contributed by atoms with Gasteiger partial charge in [-0.2, -0.15) is 0 Å². The van der Waals surface area contributed by atoms with Crippen molar-refractivity contribution in [1.82, 2.24) is 0 Å². The number of methoxy groups -OCH3 is 2. The number of ether oxygens (including phenoxy) is 3. The van der Waals surface area contributed by atoms with Gasteiger partial charge >= 0.3 is 6.09 Å². The maximum absolute atomic E-state index is 12.0. The molecule has 0 spiro atoms. The van der Waals surface area contributed by atoms with Crippen LogP contribution in [0.1, 0.15) is 44.1 Å². The van der Waals surface area contributed by atoms with E-state index in [0.29, 0.717) is 12.0 Å². The molecule has 2 aliphatic rings. The van der Waals surface area contributed by atoms with Crippen LogP contribution in [0.15, 0.2) is 24.3 Å². The molecule has 3 rings (SSSR count). The Bertz CT molecular complexity index is 536. The zero-order valence-corrected chi connectivity index (χ0v) is 14.0. The van der Waals surface area contributed by atoms with Crippen molar-refractivity contribution in [2.45, 2.75) is 57.0 Å². The monoisotopic (exact) mass is 319 g/mol. The third-order valence-corrected chi connectivity index (χ3v) is 5.10. The summed E-state index contributed by atoms with van der Waals surface area (Å²) in [5, 5.41) is 0. The fourth-order valence-corrected chi connectivity index (χ4v) is 3.67. The molecule has 1 aliphatic carbocycles. The second-order valence-electron chi connectivity index (χ2n) is 6.40. The third-order valence-electron chi connectivity index (χ3n) is 5.10. The van der Waals surface area contributed by atoms with Gasteiger partial charge in [-0.3, -0.25) is 4.90 Å². The van der Waals surface area contributed by atoms with E-state index in [0.717, 1.165) is 31.4 Å². The number of cyclic esters (lactones) is 1. The Labute approximate surface area is 137 Å². The maximum atomic E-state index is 12.0. The van der Waals surface area contributed by atoms with Crippen LogP contribution in [0.3, 0.4) is 0 Å². The van der Waals surface area contributed by atoms with E-state index in [1.54, 1.807) is 19.1 Å². The van der Waals surface area contributed by atoms with E-state index in [1.165, 1.54) is 5.56 Å². The van der Waals surface area contributed by atoms with Crippen molar-refractivity contribution >= 4 is 11.8 Å². The van der Waals surface area contributed by atoms with Gasteiger partial charge in [-0.25, -0.2) is 4.79 Å².